The van der Waals surface area contributed by atoms with Crippen LogP contribution in [0.2, 0.25) is 0 Å². The first-order valence-electron chi connectivity index (χ1n) is 8.25. The zero-order chi connectivity index (χ0) is 16.1. The van der Waals surface area contributed by atoms with Crippen LogP contribution in [0.15, 0.2) is 40.3 Å². The smallest absolute Gasteiger partial charge is 0.220 e. The molecule has 5 heteroatoms. The minimum absolute atomic E-state index is 0.00145. The molecule has 1 amide bonds. The van der Waals surface area contributed by atoms with Crippen LogP contribution >= 0.6 is 11.3 Å². The summed E-state index contributed by atoms with van der Waals surface area (Å²) >= 11 is 1.45. The second-order valence-corrected chi connectivity index (χ2v) is 7.23. The number of rotatable bonds is 7. The van der Waals surface area contributed by atoms with Gasteiger partial charge in [-0.05, 0) is 35.9 Å². The zero-order valence-corrected chi connectivity index (χ0v) is 14.0. The molecule has 1 aliphatic rings. The molecule has 2 aromatic heterocycles. The second-order valence-electron chi connectivity index (χ2n) is 6.28. The summed E-state index contributed by atoms with van der Waals surface area (Å²) in [6, 6.07) is 7.23. The number of carbonyl (C=O) groups excluding carboxylic acids is 1. The third kappa shape index (κ3) is 3.85. The summed E-state index contributed by atoms with van der Waals surface area (Å²) < 4.78 is 5.40. The number of amides is 1. The van der Waals surface area contributed by atoms with Crippen molar-refractivity contribution in [3.63, 3.8) is 0 Å². The number of carbonyl (C=O) groups is 1. The van der Waals surface area contributed by atoms with Gasteiger partial charge in [-0.15, -0.1) is 11.3 Å². The van der Waals surface area contributed by atoms with Crippen LogP contribution in [0.4, 0.5) is 0 Å². The van der Waals surface area contributed by atoms with Crippen molar-refractivity contribution in [2.75, 3.05) is 6.54 Å². The Morgan fingerprint density at radius 1 is 1.35 bits per heavy atom. The van der Waals surface area contributed by atoms with Gasteiger partial charge in [0.05, 0.1) is 12.8 Å². The third-order valence-electron chi connectivity index (χ3n) is 4.65. The highest BCUT2D eigenvalue weighted by molar-refractivity contribution is 7.10. The van der Waals surface area contributed by atoms with Gasteiger partial charge in [-0.3, -0.25) is 4.79 Å². The van der Waals surface area contributed by atoms with Gasteiger partial charge < -0.3 is 14.8 Å². The van der Waals surface area contributed by atoms with Gasteiger partial charge in [0.1, 0.15) is 5.76 Å². The molecule has 0 spiro atoms. The van der Waals surface area contributed by atoms with Crippen LogP contribution in [0.1, 0.15) is 49.2 Å². The van der Waals surface area contributed by atoms with Crippen LogP contribution in [0.5, 0.6) is 0 Å². The molecule has 0 aliphatic heterocycles. The van der Waals surface area contributed by atoms with Gasteiger partial charge in [-0.25, -0.2) is 0 Å². The molecule has 1 fully saturated rings. The summed E-state index contributed by atoms with van der Waals surface area (Å²) in [7, 11) is 0. The first-order chi connectivity index (χ1) is 11.2. The first kappa shape index (κ1) is 16.3. The van der Waals surface area contributed by atoms with Crippen LogP contribution in [0.25, 0.3) is 0 Å². The Hall–Kier alpha value is -1.59. The molecule has 0 saturated heterocycles. The molecular weight excluding hydrogens is 310 g/mol. The molecule has 23 heavy (non-hydrogen) atoms. The summed E-state index contributed by atoms with van der Waals surface area (Å²) in [6.45, 7) is 0.129. The minimum atomic E-state index is -1.30. The molecule has 0 radical (unpaired) electrons. The maximum Gasteiger partial charge on any atom is 0.220 e. The third-order valence-corrected chi connectivity index (χ3v) is 5.67. The lowest BCUT2D eigenvalue weighted by Gasteiger charge is -2.25. The SMILES string of the molecule is O=C(CCC1CCCC1)NCC(O)(c1ccco1)c1cccs1. The Morgan fingerprint density at radius 3 is 2.83 bits per heavy atom. The predicted molar refractivity (Wildman–Crippen MR) is 90.2 cm³/mol. The summed E-state index contributed by atoms with van der Waals surface area (Å²) in [5, 5.41) is 15.9. The van der Waals surface area contributed by atoms with E-state index in [1.54, 1.807) is 12.1 Å². The summed E-state index contributed by atoms with van der Waals surface area (Å²) in [6.07, 6.45) is 8.10. The van der Waals surface area contributed by atoms with Crippen molar-refractivity contribution >= 4 is 17.2 Å². The lowest BCUT2D eigenvalue weighted by atomic mass is 9.98. The van der Waals surface area contributed by atoms with Crippen molar-refractivity contribution < 1.29 is 14.3 Å². The molecule has 0 aromatic carbocycles. The van der Waals surface area contributed by atoms with E-state index < -0.39 is 5.60 Å². The fraction of sp³-hybridized carbons (Fsp3) is 0.500. The average Bonchev–Trinajstić information content (AvgIpc) is 3.33. The highest BCUT2D eigenvalue weighted by atomic mass is 32.1. The quantitative estimate of drug-likeness (QED) is 0.813. The predicted octanol–water partition coefficient (Wildman–Crippen LogP) is 3.66. The van der Waals surface area contributed by atoms with E-state index in [2.05, 4.69) is 5.32 Å². The van der Waals surface area contributed by atoms with Crippen LogP contribution < -0.4 is 5.32 Å². The average molecular weight is 333 g/mol. The van der Waals surface area contributed by atoms with E-state index in [4.69, 9.17) is 4.42 Å². The van der Waals surface area contributed by atoms with Crippen molar-refractivity contribution in [3.8, 4) is 0 Å². The Labute approximate surface area is 140 Å². The van der Waals surface area contributed by atoms with Crippen molar-refractivity contribution in [1.82, 2.24) is 5.32 Å². The highest BCUT2D eigenvalue weighted by Gasteiger charge is 2.36. The molecule has 2 heterocycles. The summed E-state index contributed by atoms with van der Waals surface area (Å²) in [5.41, 5.74) is -1.30. The standard InChI is InChI=1S/C18H23NO3S/c20-17(10-9-14-5-1-2-6-14)19-13-18(21,15-7-3-11-22-15)16-8-4-12-23-16/h3-4,7-8,11-12,14,21H,1-2,5-6,9-10,13H2,(H,19,20). The van der Waals surface area contributed by atoms with Gasteiger partial charge in [0.15, 0.2) is 5.60 Å². The summed E-state index contributed by atoms with van der Waals surface area (Å²) in [5.74, 6) is 1.15. The zero-order valence-electron chi connectivity index (χ0n) is 13.2. The van der Waals surface area contributed by atoms with E-state index in [0.29, 0.717) is 18.1 Å². The lowest BCUT2D eigenvalue weighted by Crippen LogP contribution is -2.41. The van der Waals surface area contributed by atoms with E-state index >= 15 is 0 Å². The van der Waals surface area contributed by atoms with Crippen molar-refractivity contribution in [2.45, 2.75) is 44.1 Å². The molecule has 1 saturated carbocycles. The second kappa shape index (κ2) is 7.32. The van der Waals surface area contributed by atoms with E-state index in [1.165, 1.54) is 43.3 Å². The molecule has 1 aliphatic carbocycles. The number of hydrogen-bond acceptors (Lipinski definition) is 4. The molecule has 2 N–H and O–H groups in total. The normalized spacial score (nSPS) is 18.0. The Bertz CT molecular complexity index is 566. The number of furan rings is 1. The van der Waals surface area contributed by atoms with E-state index in [1.807, 2.05) is 17.5 Å². The largest absolute Gasteiger partial charge is 0.466 e. The van der Waals surface area contributed by atoms with Crippen LogP contribution in [-0.2, 0) is 10.4 Å². The Kier molecular flexibility index (Phi) is 5.18. The molecule has 124 valence electrons. The van der Waals surface area contributed by atoms with E-state index in [9.17, 15) is 9.90 Å². The lowest BCUT2D eigenvalue weighted by molar-refractivity contribution is -0.122. The van der Waals surface area contributed by atoms with Crippen LogP contribution in [0, 0.1) is 5.92 Å². The monoisotopic (exact) mass is 333 g/mol. The molecular formula is C18H23NO3S. The van der Waals surface area contributed by atoms with Gasteiger partial charge in [0.25, 0.3) is 0 Å². The van der Waals surface area contributed by atoms with Crippen LogP contribution in [-0.4, -0.2) is 17.6 Å². The number of nitrogens with one attached hydrogen (secondary N) is 1. The van der Waals surface area contributed by atoms with Crippen LogP contribution in [0.3, 0.4) is 0 Å². The molecule has 2 aromatic rings. The molecule has 3 rings (SSSR count). The van der Waals surface area contributed by atoms with Gasteiger partial charge in [-0.1, -0.05) is 31.7 Å². The summed E-state index contributed by atoms with van der Waals surface area (Å²) in [4.78, 5) is 12.9. The number of thiophene rings is 1. The van der Waals surface area contributed by atoms with E-state index in [0.717, 1.165) is 11.3 Å². The Morgan fingerprint density at radius 2 is 2.17 bits per heavy atom. The van der Waals surface area contributed by atoms with Gasteiger partial charge in [-0.2, -0.15) is 0 Å². The number of hydrogen-bond donors (Lipinski definition) is 2. The van der Waals surface area contributed by atoms with Gasteiger partial charge in [0, 0.05) is 11.3 Å². The fourth-order valence-electron chi connectivity index (χ4n) is 3.27. The topological polar surface area (TPSA) is 62.5 Å². The van der Waals surface area contributed by atoms with Crippen molar-refractivity contribution in [1.29, 1.82) is 0 Å². The molecule has 0 bridgehead atoms. The van der Waals surface area contributed by atoms with Crippen molar-refractivity contribution in [3.05, 3.63) is 46.5 Å². The molecule has 1 atom stereocenters. The number of aliphatic hydroxyl groups is 1. The van der Waals surface area contributed by atoms with Gasteiger partial charge in [0.2, 0.25) is 5.91 Å². The minimum Gasteiger partial charge on any atom is -0.466 e. The van der Waals surface area contributed by atoms with Crippen molar-refractivity contribution in [2.24, 2.45) is 5.92 Å². The Balaban J connectivity index is 1.60. The molecule has 1 unspecified atom stereocenters. The van der Waals surface area contributed by atoms with E-state index in [-0.39, 0.29) is 12.5 Å². The highest BCUT2D eigenvalue weighted by Crippen LogP contribution is 2.33. The first-order valence-corrected chi connectivity index (χ1v) is 9.13. The fourth-order valence-corrected chi connectivity index (χ4v) is 4.10. The maximum atomic E-state index is 12.1. The maximum absolute atomic E-state index is 12.1. The molecule has 4 nitrogen and oxygen atoms in total. The van der Waals surface area contributed by atoms with Gasteiger partial charge >= 0.3 is 0 Å².